The van der Waals surface area contributed by atoms with Crippen LogP contribution in [0.4, 0.5) is 0 Å². The lowest BCUT2D eigenvalue weighted by molar-refractivity contribution is -0.145. The number of carboxylic acid groups (broad SMARTS) is 4. The molecule has 0 bridgehead atoms. The molecule has 0 aromatic heterocycles. The van der Waals surface area contributed by atoms with Gasteiger partial charge in [-0.15, -0.1) is 0 Å². The van der Waals surface area contributed by atoms with E-state index in [-0.39, 0.29) is 30.7 Å². The van der Waals surface area contributed by atoms with E-state index in [4.69, 9.17) is 15.6 Å². The van der Waals surface area contributed by atoms with Crippen molar-refractivity contribution in [1.82, 2.24) is 24.9 Å². The molecule has 7 N–H and O–H groups in total. The van der Waals surface area contributed by atoms with Crippen LogP contribution in [0.1, 0.15) is 61.3 Å². The maximum Gasteiger partial charge on any atom is 0.320 e. The third-order valence-electron chi connectivity index (χ3n) is 6.62. The Morgan fingerprint density at radius 3 is 1.41 bits per heavy atom. The van der Waals surface area contributed by atoms with Crippen LogP contribution < -0.4 is 11.1 Å². The van der Waals surface area contributed by atoms with Gasteiger partial charge in [0.15, 0.2) is 0 Å². The molecule has 0 aromatic rings. The SMILES string of the molecule is CC.CC(C)(N)COCC(C)(C)NC=O.CCCC(C(=O)O)N1CCN(CC(=O)O)CCN(CC(=O)O)CCN(CC(=O)O)CC1. The highest BCUT2D eigenvalue weighted by Gasteiger charge is 2.27. The molecular formula is C30H60N6O10. The highest BCUT2D eigenvalue weighted by molar-refractivity contribution is 5.73. The second-order valence-electron chi connectivity index (χ2n) is 12.3. The van der Waals surface area contributed by atoms with Gasteiger partial charge in [-0.25, -0.2) is 0 Å². The molecule has 0 radical (unpaired) electrons. The first kappa shape index (κ1) is 45.2. The Morgan fingerprint density at radius 1 is 0.761 bits per heavy atom. The maximum absolute atomic E-state index is 11.8. The summed E-state index contributed by atoms with van der Waals surface area (Å²) < 4.78 is 5.37. The third-order valence-corrected chi connectivity index (χ3v) is 6.62. The molecule has 0 aromatic carbocycles. The lowest BCUT2D eigenvalue weighted by atomic mass is 10.1. The van der Waals surface area contributed by atoms with Crippen LogP contribution in [0.15, 0.2) is 0 Å². The number of hydrogen-bond donors (Lipinski definition) is 6. The van der Waals surface area contributed by atoms with E-state index >= 15 is 0 Å². The predicted molar refractivity (Wildman–Crippen MR) is 174 cm³/mol. The number of amides is 1. The predicted octanol–water partition coefficient (Wildman–Crippen LogP) is 0.00620. The van der Waals surface area contributed by atoms with Gasteiger partial charge in [0.05, 0.1) is 38.4 Å². The van der Waals surface area contributed by atoms with Crippen molar-refractivity contribution in [3.8, 4) is 0 Å². The molecule has 0 saturated carbocycles. The number of ether oxygens (including phenoxy) is 1. The van der Waals surface area contributed by atoms with Gasteiger partial charge in [0.25, 0.3) is 0 Å². The Morgan fingerprint density at radius 2 is 1.13 bits per heavy atom. The first-order chi connectivity index (χ1) is 21.4. The number of rotatable bonds is 16. The number of carboxylic acids is 4. The molecule has 1 atom stereocenters. The summed E-state index contributed by atoms with van der Waals surface area (Å²) >= 11 is 0. The fourth-order valence-corrected chi connectivity index (χ4v) is 4.42. The Bertz CT molecular complexity index is 868. The first-order valence-electron chi connectivity index (χ1n) is 15.8. The quantitative estimate of drug-likeness (QED) is 0.119. The number of aliphatic carboxylic acids is 4. The van der Waals surface area contributed by atoms with Crippen LogP contribution in [-0.2, 0) is 28.7 Å². The van der Waals surface area contributed by atoms with E-state index in [9.17, 15) is 39.3 Å². The summed E-state index contributed by atoms with van der Waals surface area (Å²) in [6, 6.07) is -0.741. The van der Waals surface area contributed by atoms with Crippen LogP contribution in [0.2, 0.25) is 0 Å². The van der Waals surface area contributed by atoms with Gasteiger partial charge in [-0.05, 0) is 34.1 Å². The standard InChI is InChI=1S/C19H34N4O8.C9H20N2O2.C2H6/c1-2-3-15(19(30)31)23-10-8-21(13-17(26)27)6-4-20(12-16(24)25)5-7-22(9-11-23)14-18(28)29;1-8(2,10)5-13-6-9(3,4)11-7-12;1-2/h15H,2-14H2,1H3,(H,24,25)(H,26,27)(H,28,29)(H,30,31);7H,5-6,10H2,1-4H3,(H,11,12);1-2H3. The Kier molecular flexibility index (Phi) is 23.9. The summed E-state index contributed by atoms with van der Waals surface area (Å²) in [5, 5.41) is 39.9. The zero-order valence-corrected chi connectivity index (χ0v) is 28.9. The third kappa shape index (κ3) is 24.4. The van der Waals surface area contributed by atoms with Crippen molar-refractivity contribution >= 4 is 30.3 Å². The van der Waals surface area contributed by atoms with Crippen molar-refractivity contribution in [2.24, 2.45) is 5.73 Å². The van der Waals surface area contributed by atoms with Crippen LogP contribution >= 0.6 is 0 Å². The summed E-state index contributed by atoms with van der Waals surface area (Å²) in [5.41, 5.74) is 5.08. The smallest absolute Gasteiger partial charge is 0.320 e. The number of nitrogens with zero attached hydrogens (tertiary/aromatic N) is 4. The minimum Gasteiger partial charge on any atom is -0.480 e. The number of hydrogen-bond acceptors (Lipinski definition) is 11. The highest BCUT2D eigenvalue weighted by Crippen LogP contribution is 2.10. The van der Waals surface area contributed by atoms with Crippen molar-refractivity contribution in [3.05, 3.63) is 0 Å². The largest absolute Gasteiger partial charge is 0.480 e. The molecule has 0 aliphatic carbocycles. The summed E-state index contributed by atoms with van der Waals surface area (Å²) in [6.45, 7) is 16.2. The molecule has 1 aliphatic heterocycles. The maximum atomic E-state index is 11.8. The zero-order valence-electron chi connectivity index (χ0n) is 28.9. The van der Waals surface area contributed by atoms with E-state index in [1.165, 1.54) is 0 Å². The van der Waals surface area contributed by atoms with Gasteiger partial charge < -0.3 is 36.2 Å². The zero-order chi connectivity index (χ0) is 35.9. The van der Waals surface area contributed by atoms with Gasteiger partial charge >= 0.3 is 23.9 Å². The van der Waals surface area contributed by atoms with Gasteiger partial charge in [-0.1, -0.05) is 27.2 Å². The van der Waals surface area contributed by atoms with Crippen LogP contribution in [-0.4, -0.2) is 173 Å². The minimum atomic E-state index is -1.02. The molecule has 16 heteroatoms. The van der Waals surface area contributed by atoms with Crippen molar-refractivity contribution in [1.29, 1.82) is 0 Å². The lowest BCUT2D eigenvalue weighted by Crippen LogP contribution is -2.51. The Balaban J connectivity index is 0. The highest BCUT2D eigenvalue weighted by atomic mass is 16.5. The van der Waals surface area contributed by atoms with Crippen LogP contribution in [0.3, 0.4) is 0 Å². The molecule has 1 fully saturated rings. The fourth-order valence-electron chi connectivity index (χ4n) is 4.42. The van der Waals surface area contributed by atoms with E-state index in [0.29, 0.717) is 84.8 Å². The molecule has 1 heterocycles. The number of nitrogens with two attached hydrogens (primary N) is 1. The minimum absolute atomic E-state index is 0.231. The van der Waals surface area contributed by atoms with Crippen molar-refractivity contribution in [2.75, 3.05) is 85.2 Å². The molecule has 1 saturated heterocycles. The van der Waals surface area contributed by atoms with Gasteiger partial charge in [-0.3, -0.25) is 43.6 Å². The first-order valence-corrected chi connectivity index (χ1v) is 15.8. The molecule has 46 heavy (non-hydrogen) atoms. The second kappa shape index (κ2) is 24.3. The molecule has 1 aliphatic rings. The normalized spacial score (nSPS) is 17.0. The van der Waals surface area contributed by atoms with E-state index in [1.807, 2.05) is 48.5 Å². The van der Waals surface area contributed by atoms with Gasteiger partial charge in [0.1, 0.15) is 6.04 Å². The molecular weight excluding hydrogens is 604 g/mol. The van der Waals surface area contributed by atoms with E-state index < -0.39 is 29.9 Å². The molecule has 1 amide bonds. The Hall–Kier alpha value is -2.89. The van der Waals surface area contributed by atoms with Gasteiger partial charge in [0, 0.05) is 57.9 Å². The van der Waals surface area contributed by atoms with Crippen LogP contribution in [0, 0.1) is 0 Å². The number of nitrogens with one attached hydrogen (secondary N) is 1. The molecule has 270 valence electrons. The molecule has 0 spiro atoms. The summed E-state index contributed by atoms with van der Waals surface area (Å²) in [7, 11) is 0. The molecule has 1 rings (SSSR count). The van der Waals surface area contributed by atoms with Crippen LogP contribution in [0.25, 0.3) is 0 Å². The van der Waals surface area contributed by atoms with Gasteiger partial charge in [0.2, 0.25) is 6.41 Å². The topological polar surface area (TPSA) is 227 Å². The summed E-state index contributed by atoms with van der Waals surface area (Å²) in [6.07, 6.45) is 1.77. The average Bonchev–Trinajstić information content (AvgIpc) is 2.91. The number of carbonyl (C=O) groups is 5. The van der Waals surface area contributed by atoms with E-state index in [2.05, 4.69) is 5.32 Å². The Labute approximate surface area is 273 Å². The lowest BCUT2D eigenvalue weighted by Gasteiger charge is -2.35. The molecule has 1 unspecified atom stereocenters. The second-order valence-corrected chi connectivity index (χ2v) is 12.3. The van der Waals surface area contributed by atoms with Crippen molar-refractivity contribution in [2.45, 2.75) is 78.4 Å². The summed E-state index contributed by atoms with van der Waals surface area (Å²) in [4.78, 5) is 62.5. The van der Waals surface area contributed by atoms with Crippen LogP contribution in [0.5, 0.6) is 0 Å². The van der Waals surface area contributed by atoms with E-state index in [0.717, 1.165) is 0 Å². The average molecular weight is 665 g/mol. The fraction of sp³-hybridized carbons (Fsp3) is 0.833. The number of carbonyl (C=O) groups excluding carboxylic acids is 1. The molecule has 16 nitrogen and oxygen atoms in total. The monoisotopic (exact) mass is 664 g/mol. The van der Waals surface area contributed by atoms with E-state index in [1.54, 1.807) is 19.6 Å². The summed E-state index contributed by atoms with van der Waals surface area (Å²) in [5.74, 6) is -4.01. The van der Waals surface area contributed by atoms with Crippen molar-refractivity contribution < 1.29 is 49.1 Å². The van der Waals surface area contributed by atoms with Gasteiger partial charge in [-0.2, -0.15) is 0 Å². The van der Waals surface area contributed by atoms with Crippen molar-refractivity contribution in [3.63, 3.8) is 0 Å².